The van der Waals surface area contributed by atoms with Gasteiger partial charge in [0.05, 0.1) is 8.35 Å². The second-order valence-electron chi connectivity index (χ2n) is 2.41. The Balaban J connectivity index is 2.77. The highest BCUT2D eigenvalue weighted by atomic mass is 31.1. The van der Waals surface area contributed by atoms with E-state index >= 15 is 0 Å². The molecule has 1 aromatic heterocycles. The number of hydrogen-bond acceptors (Lipinski definition) is 2. The van der Waals surface area contributed by atoms with Gasteiger partial charge in [-0.3, -0.25) is 4.99 Å². The Labute approximate surface area is 75.7 Å². The van der Waals surface area contributed by atoms with E-state index in [9.17, 15) is 0 Å². The van der Waals surface area contributed by atoms with Crippen molar-refractivity contribution in [2.75, 3.05) is 7.05 Å². The molecule has 0 aliphatic heterocycles. The number of nitrogens with zero attached hydrogens (tertiary/aromatic N) is 2. The van der Waals surface area contributed by atoms with Crippen LogP contribution in [-0.4, -0.2) is 17.3 Å². The zero-order chi connectivity index (χ0) is 9.14. The molecule has 1 heterocycles. The molecule has 3 nitrogen and oxygen atoms in total. The van der Waals surface area contributed by atoms with Crippen molar-refractivity contribution in [2.24, 2.45) is 12.0 Å². The van der Waals surface area contributed by atoms with Crippen LogP contribution in [0.1, 0.15) is 12.3 Å². The van der Waals surface area contributed by atoms with Gasteiger partial charge < -0.3 is 9.07 Å². The molecule has 0 aliphatic rings. The first-order chi connectivity index (χ1) is 5.63. The van der Waals surface area contributed by atoms with E-state index in [4.69, 9.17) is 4.74 Å². The Morgan fingerprint density at radius 3 is 2.67 bits per heavy atom. The fourth-order valence-electron chi connectivity index (χ4n) is 0.655. The van der Waals surface area contributed by atoms with Crippen molar-refractivity contribution in [1.29, 1.82) is 0 Å². The number of hydrogen-bond donors (Lipinski definition) is 0. The van der Waals surface area contributed by atoms with Gasteiger partial charge in [0.25, 0.3) is 0 Å². The summed E-state index contributed by atoms with van der Waals surface area (Å²) in [6.45, 7) is 3.97. The van der Waals surface area contributed by atoms with Crippen LogP contribution in [0.15, 0.2) is 4.99 Å². The molecule has 5 heteroatoms. The molecule has 1 rings (SSSR count). The fraction of sp³-hybridized carbons (Fsp3) is 0.571. The molecule has 0 aliphatic carbocycles. The highest BCUT2D eigenvalue weighted by Gasteiger charge is 2.02. The van der Waals surface area contributed by atoms with Gasteiger partial charge in [-0.05, 0) is 6.92 Å². The summed E-state index contributed by atoms with van der Waals surface area (Å²) in [6.07, 6.45) is 0. The van der Waals surface area contributed by atoms with Gasteiger partial charge in [-0.25, -0.2) is 0 Å². The number of aryl methyl sites for hydroxylation is 2. The maximum Gasteiger partial charge on any atom is 0.199 e. The predicted octanol–water partition coefficient (Wildman–Crippen LogP) is 2.92. The molecule has 0 saturated carbocycles. The number of aromatic nitrogens is 1. The standard InChI is InChI=1S/C7H12N2OP2/c1-5(8-3)10-7-11-6(2)9(4)12-7/h1-4H3. The molecule has 12 heavy (non-hydrogen) atoms. The smallest absolute Gasteiger partial charge is 0.199 e. The van der Waals surface area contributed by atoms with Gasteiger partial charge in [-0.1, -0.05) is 0 Å². The molecule has 0 fully saturated rings. The van der Waals surface area contributed by atoms with Gasteiger partial charge in [-0.2, -0.15) is 0 Å². The fourth-order valence-corrected chi connectivity index (χ4v) is 3.11. The van der Waals surface area contributed by atoms with Gasteiger partial charge in [0.2, 0.25) is 0 Å². The van der Waals surface area contributed by atoms with Crippen LogP contribution in [0.4, 0.5) is 0 Å². The molecule has 0 amide bonds. The minimum Gasteiger partial charge on any atom is -0.433 e. The molecule has 0 aromatic carbocycles. The van der Waals surface area contributed by atoms with E-state index in [0.717, 1.165) is 19.5 Å². The van der Waals surface area contributed by atoms with Crippen LogP contribution < -0.4 is 4.74 Å². The molecule has 0 N–H and O–H groups in total. The molecule has 0 atom stereocenters. The highest BCUT2D eigenvalue weighted by molar-refractivity contribution is 7.50. The molecule has 0 spiro atoms. The lowest BCUT2D eigenvalue weighted by Crippen LogP contribution is -1.99. The average Bonchev–Trinajstić information content (AvgIpc) is 2.31. The summed E-state index contributed by atoms with van der Waals surface area (Å²) in [5.41, 5.74) is 1.32. The number of rotatable bonds is 1. The first kappa shape index (κ1) is 9.70. The van der Waals surface area contributed by atoms with Crippen LogP contribution in [0, 0.1) is 6.92 Å². The van der Waals surface area contributed by atoms with E-state index in [-0.39, 0.29) is 0 Å². The van der Waals surface area contributed by atoms with Crippen molar-refractivity contribution in [3.8, 4) is 5.21 Å². The van der Waals surface area contributed by atoms with Crippen LogP contribution in [0.5, 0.6) is 5.21 Å². The van der Waals surface area contributed by atoms with Crippen LogP contribution in [0.2, 0.25) is 0 Å². The third-order valence-electron chi connectivity index (χ3n) is 1.52. The van der Waals surface area contributed by atoms with E-state index in [0.29, 0.717) is 0 Å². The SMILES string of the molecule is CN=C(C)Oc1pc(C)n(C)p1. The molecule has 1 aromatic rings. The first-order valence-electron chi connectivity index (χ1n) is 3.62. The second kappa shape index (κ2) is 4.02. The first-order valence-corrected chi connectivity index (χ1v) is 5.36. The summed E-state index contributed by atoms with van der Waals surface area (Å²) in [5, 5.41) is 1.04. The van der Waals surface area contributed by atoms with E-state index in [2.05, 4.69) is 23.3 Å². The van der Waals surface area contributed by atoms with Gasteiger partial charge in [-0.15, -0.1) is 0 Å². The van der Waals surface area contributed by atoms with E-state index in [1.165, 1.54) is 13.6 Å². The normalized spacial score (nSPS) is 13.2. The highest BCUT2D eigenvalue weighted by Crippen LogP contribution is 2.38. The minimum absolute atomic E-state index is 0.730. The van der Waals surface area contributed by atoms with Gasteiger partial charge in [0.15, 0.2) is 11.1 Å². The Morgan fingerprint density at radius 2 is 2.25 bits per heavy atom. The summed E-state index contributed by atoms with van der Waals surface area (Å²) in [4.78, 5) is 3.94. The van der Waals surface area contributed by atoms with E-state index < -0.39 is 0 Å². The Bertz CT molecular complexity index is 287. The topological polar surface area (TPSA) is 26.5 Å². The predicted molar refractivity (Wildman–Crippen MR) is 54.8 cm³/mol. The van der Waals surface area contributed by atoms with Crippen LogP contribution in [-0.2, 0) is 7.05 Å². The Morgan fingerprint density at radius 1 is 1.58 bits per heavy atom. The van der Waals surface area contributed by atoms with Crippen molar-refractivity contribution in [3.63, 3.8) is 0 Å². The summed E-state index contributed by atoms with van der Waals surface area (Å²) < 4.78 is 7.63. The maximum absolute atomic E-state index is 5.48. The lowest BCUT2D eigenvalue weighted by atomic mass is 10.8. The van der Waals surface area contributed by atoms with E-state index in [1.807, 2.05) is 6.92 Å². The molecule has 0 saturated heterocycles. The zero-order valence-electron chi connectivity index (χ0n) is 7.70. The van der Waals surface area contributed by atoms with Crippen LogP contribution in [0.3, 0.4) is 0 Å². The third-order valence-corrected chi connectivity index (χ3v) is 4.01. The molecule has 0 radical (unpaired) electrons. The molecular weight excluding hydrogens is 190 g/mol. The average molecular weight is 202 g/mol. The minimum atomic E-state index is 0.730. The largest absolute Gasteiger partial charge is 0.433 e. The lowest BCUT2D eigenvalue weighted by molar-refractivity contribution is 0.574. The summed E-state index contributed by atoms with van der Waals surface area (Å²) in [5.74, 6) is 0.730. The third kappa shape index (κ3) is 2.30. The Hall–Kier alpha value is -0.390. The Kier molecular flexibility index (Phi) is 3.25. The summed E-state index contributed by atoms with van der Waals surface area (Å²) in [7, 11) is 6.10. The van der Waals surface area contributed by atoms with Crippen molar-refractivity contribution in [3.05, 3.63) is 5.43 Å². The molecule has 66 valence electrons. The van der Waals surface area contributed by atoms with Gasteiger partial charge in [0.1, 0.15) is 0 Å². The monoisotopic (exact) mass is 202 g/mol. The van der Waals surface area contributed by atoms with Crippen molar-refractivity contribution in [2.45, 2.75) is 13.8 Å². The number of aliphatic imine (C=N–C) groups is 1. The quantitative estimate of drug-likeness (QED) is 0.508. The van der Waals surface area contributed by atoms with Crippen LogP contribution in [0.25, 0.3) is 0 Å². The summed E-state index contributed by atoms with van der Waals surface area (Å²) in [6, 6.07) is 0. The summed E-state index contributed by atoms with van der Waals surface area (Å²) >= 11 is 0. The van der Waals surface area contributed by atoms with Crippen molar-refractivity contribution in [1.82, 2.24) is 4.33 Å². The molecule has 0 bridgehead atoms. The zero-order valence-corrected chi connectivity index (χ0v) is 9.49. The van der Waals surface area contributed by atoms with Crippen molar-refractivity contribution < 1.29 is 4.74 Å². The molecule has 0 unspecified atom stereocenters. The van der Waals surface area contributed by atoms with E-state index in [1.54, 1.807) is 7.05 Å². The second-order valence-corrected chi connectivity index (χ2v) is 5.25. The lowest BCUT2D eigenvalue weighted by Gasteiger charge is -1.97. The van der Waals surface area contributed by atoms with Gasteiger partial charge >= 0.3 is 0 Å². The van der Waals surface area contributed by atoms with Crippen molar-refractivity contribution >= 4 is 22.4 Å². The number of ether oxygens (including phenoxy) is 1. The molecular formula is C7H12N2OP2. The van der Waals surface area contributed by atoms with Gasteiger partial charge in [0, 0.05) is 34.6 Å². The maximum atomic E-state index is 5.48. The van der Waals surface area contributed by atoms with Crippen LogP contribution >= 0.6 is 16.5 Å².